The smallest absolute Gasteiger partial charge is 0.314 e. The molecular formula is C16H25N3O3S. The molecule has 1 aromatic rings. The number of hydrogen-bond acceptors (Lipinski definition) is 3. The summed E-state index contributed by atoms with van der Waals surface area (Å²) in [6.07, 6.45) is 5.05. The number of sulfonamides is 1. The molecule has 0 heterocycles. The van der Waals surface area contributed by atoms with Crippen molar-refractivity contribution in [3.05, 3.63) is 35.4 Å². The number of benzene rings is 1. The predicted octanol–water partition coefficient (Wildman–Crippen LogP) is 1.34. The Morgan fingerprint density at radius 2 is 2.00 bits per heavy atom. The van der Waals surface area contributed by atoms with E-state index in [4.69, 9.17) is 0 Å². The minimum absolute atomic E-state index is 0.201. The first-order valence-electron chi connectivity index (χ1n) is 8.00. The Morgan fingerprint density at radius 1 is 1.22 bits per heavy atom. The number of urea groups is 1. The van der Waals surface area contributed by atoms with Crippen molar-refractivity contribution in [2.24, 2.45) is 0 Å². The van der Waals surface area contributed by atoms with Crippen LogP contribution in [0.3, 0.4) is 0 Å². The molecule has 0 bridgehead atoms. The van der Waals surface area contributed by atoms with Crippen molar-refractivity contribution in [2.75, 3.05) is 25.9 Å². The molecule has 23 heavy (non-hydrogen) atoms. The third-order valence-corrected chi connectivity index (χ3v) is 4.73. The second-order valence-corrected chi connectivity index (χ2v) is 7.78. The Hall–Kier alpha value is -1.60. The molecule has 0 spiro atoms. The highest BCUT2D eigenvalue weighted by molar-refractivity contribution is 7.88. The van der Waals surface area contributed by atoms with Crippen molar-refractivity contribution in [2.45, 2.75) is 31.6 Å². The van der Waals surface area contributed by atoms with Crippen LogP contribution in [0, 0.1) is 0 Å². The quantitative estimate of drug-likeness (QED) is 0.655. The van der Waals surface area contributed by atoms with Crippen LogP contribution in [0.4, 0.5) is 4.79 Å². The maximum atomic E-state index is 11.8. The van der Waals surface area contributed by atoms with E-state index in [1.807, 2.05) is 6.07 Å². The molecule has 0 aliphatic heterocycles. The highest BCUT2D eigenvalue weighted by atomic mass is 32.2. The molecule has 0 saturated carbocycles. The zero-order valence-electron chi connectivity index (χ0n) is 13.5. The topological polar surface area (TPSA) is 87.3 Å². The van der Waals surface area contributed by atoms with Gasteiger partial charge in [0.25, 0.3) is 0 Å². The lowest BCUT2D eigenvalue weighted by Crippen LogP contribution is -2.39. The summed E-state index contributed by atoms with van der Waals surface area (Å²) in [5.41, 5.74) is 2.73. The Morgan fingerprint density at radius 3 is 2.78 bits per heavy atom. The Balaban J connectivity index is 1.67. The van der Waals surface area contributed by atoms with Crippen LogP contribution in [0.25, 0.3) is 0 Å². The number of carbonyl (C=O) groups is 1. The fraction of sp³-hybridized carbons (Fsp3) is 0.562. The molecule has 3 N–H and O–H groups in total. The highest BCUT2D eigenvalue weighted by Gasteiger charge is 2.19. The Kier molecular flexibility index (Phi) is 6.41. The van der Waals surface area contributed by atoms with Crippen LogP contribution < -0.4 is 15.4 Å². The maximum absolute atomic E-state index is 11.8. The van der Waals surface area contributed by atoms with E-state index in [0.29, 0.717) is 32.0 Å². The summed E-state index contributed by atoms with van der Waals surface area (Å²) in [6.45, 7) is 1.40. The van der Waals surface area contributed by atoms with Gasteiger partial charge in [0, 0.05) is 25.6 Å². The number of carbonyl (C=O) groups excluding carboxylic acids is 1. The van der Waals surface area contributed by atoms with E-state index in [1.165, 1.54) is 11.1 Å². The number of amides is 2. The summed E-state index contributed by atoms with van der Waals surface area (Å²) < 4.78 is 24.2. The summed E-state index contributed by atoms with van der Waals surface area (Å²) in [4.78, 5) is 11.8. The van der Waals surface area contributed by atoms with E-state index < -0.39 is 10.0 Å². The van der Waals surface area contributed by atoms with E-state index in [0.717, 1.165) is 25.5 Å². The van der Waals surface area contributed by atoms with Gasteiger partial charge >= 0.3 is 6.03 Å². The largest absolute Gasteiger partial charge is 0.338 e. The second kappa shape index (κ2) is 8.31. The van der Waals surface area contributed by atoms with E-state index in [1.54, 1.807) is 0 Å². The standard InChI is InChI=1S/C16H25N3O3S/c1-23(21,22)19-11-5-10-17-16(20)18-12-14-8-4-7-13-6-2-3-9-15(13)14/h2-3,6,9,14,19H,4-5,7-8,10-12H2,1H3,(H2,17,18,20)/t14-/m0/s1. The zero-order valence-corrected chi connectivity index (χ0v) is 14.3. The van der Waals surface area contributed by atoms with Crippen molar-refractivity contribution in [3.8, 4) is 0 Å². The van der Waals surface area contributed by atoms with Crippen molar-refractivity contribution < 1.29 is 13.2 Å². The second-order valence-electron chi connectivity index (χ2n) is 5.94. The van der Waals surface area contributed by atoms with Crippen LogP contribution in [0.5, 0.6) is 0 Å². The van der Waals surface area contributed by atoms with Gasteiger partial charge in [-0.15, -0.1) is 0 Å². The van der Waals surface area contributed by atoms with Crippen molar-refractivity contribution >= 4 is 16.1 Å². The molecule has 128 valence electrons. The minimum atomic E-state index is -3.16. The first-order valence-corrected chi connectivity index (χ1v) is 9.89. The molecule has 0 radical (unpaired) electrons. The molecule has 2 amide bonds. The van der Waals surface area contributed by atoms with E-state index >= 15 is 0 Å². The molecule has 6 nitrogen and oxygen atoms in total. The first kappa shape index (κ1) is 17.7. The molecule has 7 heteroatoms. The molecule has 1 atom stereocenters. The summed E-state index contributed by atoms with van der Waals surface area (Å²) in [5.74, 6) is 0.373. The lowest BCUT2D eigenvalue weighted by atomic mass is 9.83. The number of fused-ring (bicyclic) bond motifs is 1. The molecule has 0 aromatic heterocycles. The number of nitrogens with one attached hydrogen (secondary N) is 3. The SMILES string of the molecule is CS(=O)(=O)NCCCNC(=O)NC[C@@H]1CCCc2ccccc21. The van der Waals surface area contributed by atoms with Crippen LogP contribution in [0.1, 0.15) is 36.3 Å². The highest BCUT2D eigenvalue weighted by Crippen LogP contribution is 2.30. The van der Waals surface area contributed by atoms with Gasteiger partial charge in [-0.3, -0.25) is 0 Å². The lowest BCUT2D eigenvalue weighted by molar-refractivity contribution is 0.239. The fourth-order valence-electron chi connectivity index (χ4n) is 2.89. The molecule has 0 fully saturated rings. The van der Waals surface area contributed by atoms with Crippen LogP contribution >= 0.6 is 0 Å². The van der Waals surface area contributed by atoms with Gasteiger partial charge in [-0.05, 0) is 36.8 Å². The molecule has 1 aromatic carbocycles. The van der Waals surface area contributed by atoms with Crippen LogP contribution in [-0.4, -0.2) is 40.3 Å². The van der Waals surface area contributed by atoms with Gasteiger partial charge in [0.15, 0.2) is 0 Å². The van der Waals surface area contributed by atoms with E-state index in [-0.39, 0.29) is 6.03 Å². The van der Waals surface area contributed by atoms with Gasteiger partial charge < -0.3 is 10.6 Å². The van der Waals surface area contributed by atoms with E-state index in [2.05, 4.69) is 33.6 Å². The molecule has 0 unspecified atom stereocenters. The fourth-order valence-corrected chi connectivity index (χ4v) is 3.41. The van der Waals surface area contributed by atoms with Crippen LogP contribution in [-0.2, 0) is 16.4 Å². The summed E-state index contributed by atoms with van der Waals surface area (Å²) in [6, 6.07) is 8.22. The molecular weight excluding hydrogens is 314 g/mol. The van der Waals surface area contributed by atoms with Gasteiger partial charge in [-0.2, -0.15) is 0 Å². The summed E-state index contributed by atoms with van der Waals surface area (Å²) in [7, 11) is -3.16. The van der Waals surface area contributed by atoms with Gasteiger partial charge in [0.05, 0.1) is 6.26 Å². The average molecular weight is 339 g/mol. The first-order chi connectivity index (χ1) is 11.0. The molecule has 2 rings (SSSR count). The van der Waals surface area contributed by atoms with Crippen molar-refractivity contribution in [1.82, 2.24) is 15.4 Å². The summed E-state index contributed by atoms with van der Waals surface area (Å²) >= 11 is 0. The van der Waals surface area contributed by atoms with Crippen LogP contribution in [0.15, 0.2) is 24.3 Å². The number of aryl methyl sites for hydroxylation is 1. The zero-order chi connectivity index (χ0) is 16.7. The monoisotopic (exact) mass is 339 g/mol. The lowest BCUT2D eigenvalue weighted by Gasteiger charge is -2.25. The molecule has 1 aliphatic rings. The Labute approximate surface area is 138 Å². The van der Waals surface area contributed by atoms with Crippen molar-refractivity contribution in [1.29, 1.82) is 0 Å². The third-order valence-electron chi connectivity index (χ3n) is 4.01. The normalized spacial score (nSPS) is 17.3. The average Bonchev–Trinajstić information content (AvgIpc) is 2.51. The number of rotatable bonds is 7. The van der Waals surface area contributed by atoms with Gasteiger partial charge in [-0.25, -0.2) is 17.9 Å². The van der Waals surface area contributed by atoms with Crippen LogP contribution in [0.2, 0.25) is 0 Å². The Bertz CT molecular complexity index is 631. The molecule has 0 saturated heterocycles. The third kappa shape index (κ3) is 6.19. The van der Waals surface area contributed by atoms with Crippen molar-refractivity contribution in [3.63, 3.8) is 0 Å². The van der Waals surface area contributed by atoms with Gasteiger partial charge in [0.1, 0.15) is 0 Å². The maximum Gasteiger partial charge on any atom is 0.314 e. The van der Waals surface area contributed by atoms with Gasteiger partial charge in [0.2, 0.25) is 10.0 Å². The van der Waals surface area contributed by atoms with E-state index in [9.17, 15) is 13.2 Å². The number of hydrogen-bond donors (Lipinski definition) is 3. The predicted molar refractivity (Wildman–Crippen MR) is 91.0 cm³/mol. The molecule has 1 aliphatic carbocycles. The minimum Gasteiger partial charge on any atom is -0.338 e. The summed E-state index contributed by atoms with van der Waals surface area (Å²) in [5, 5.41) is 5.66. The van der Waals surface area contributed by atoms with Gasteiger partial charge in [-0.1, -0.05) is 24.3 Å².